The van der Waals surface area contributed by atoms with Crippen LogP contribution in [-0.2, 0) is 0 Å². The van der Waals surface area contributed by atoms with Crippen molar-refractivity contribution in [2.45, 2.75) is 0 Å². The van der Waals surface area contributed by atoms with E-state index >= 15 is 0 Å². The molecule has 2 rings (SSSR count). The molecule has 0 radical (unpaired) electrons. The van der Waals surface area contributed by atoms with E-state index in [0.29, 0.717) is 5.75 Å². The fraction of sp³-hybridized carbons (Fsp3) is 0. The number of hydrogen-bond donors (Lipinski definition) is 1. The molecule has 12 heavy (non-hydrogen) atoms. The molecule has 0 bridgehead atoms. The molecule has 4 heteroatoms. The summed E-state index contributed by atoms with van der Waals surface area (Å²) in [5.41, 5.74) is 0. The van der Waals surface area contributed by atoms with Crippen LogP contribution in [0.4, 0.5) is 0 Å². The molecule has 1 N–H and O–H groups in total. The van der Waals surface area contributed by atoms with Gasteiger partial charge in [-0.05, 0) is 50.7 Å². The predicted molar refractivity (Wildman–Crippen MR) is 63.9 cm³/mol. The lowest BCUT2D eigenvalue weighted by atomic mass is 10.2. The molecule has 0 unspecified atom stereocenters. The molecule has 2 aromatic rings. The lowest BCUT2D eigenvalue weighted by Crippen LogP contribution is -1.71. The van der Waals surface area contributed by atoms with Gasteiger partial charge in [0.25, 0.3) is 0 Å². The Morgan fingerprint density at radius 3 is 2.92 bits per heavy atom. The molecule has 0 amide bonds. The number of phenols is 1. The fourth-order valence-corrected chi connectivity index (χ4v) is 3.21. The maximum atomic E-state index is 9.55. The van der Waals surface area contributed by atoms with E-state index in [-0.39, 0.29) is 0 Å². The minimum atomic E-state index is 0.368. The lowest BCUT2D eigenvalue weighted by molar-refractivity contribution is 0.482. The van der Waals surface area contributed by atoms with Crippen molar-refractivity contribution in [2.75, 3.05) is 0 Å². The van der Waals surface area contributed by atoms with Gasteiger partial charge in [-0.1, -0.05) is 0 Å². The summed E-state index contributed by atoms with van der Waals surface area (Å²) < 4.78 is 3.05. The summed E-state index contributed by atoms with van der Waals surface area (Å²) in [4.78, 5) is 0. The van der Waals surface area contributed by atoms with E-state index in [2.05, 4.69) is 44.6 Å². The number of fused-ring (bicyclic) bond motifs is 1. The molecule has 0 atom stereocenters. The van der Waals surface area contributed by atoms with Crippen LogP contribution in [0.5, 0.6) is 5.75 Å². The second-order valence-corrected chi connectivity index (χ2v) is 5.36. The summed E-state index contributed by atoms with van der Waals surface area (Å²) in [6.07, 6.45) is 0. The minimum Gasteiger partial charge on any atom is -0.506 e. The highest BCUT2D eigenvalue weighted by Crippen LogP contribution is 2.37. The highest BCUT2D eigenvalue weighted by Gasteiger charge is 2.06. The van der Waals surface area contributed by atoms with Crippen LogP contribution in [0, 0.1) is 3.57 Å². The quantitative estimate of drug-likeness (QED) is 0.709. The zero-order valence-electron chi connectivity index (χ0n) is 5.84. The Bertz CT molecular complexity index is 438. The first-order valence-corrected chi connectivity index (χ1v) is 5.99. The molecule has 0 aliphatic heterocycles. The predicted octanol–water partition coefficient (Wildman–Crippen LogP) is 3.97. The Balaban J connectivity index is 2.92. The Labute approximate surface area is 95.7 Å². The number of thiophene rings is 1. The number of phenolic OH excluding ortho intramolecular Hbond substituents is 1. The molecule has 62 valence electrons. The second kappa shape index (κ2) is 3.16. The van der Waals surface area contributed by atoms with Crippen molar-refractivity contribution in [1.82, 2.24) is 0 Å². The van der Waals surface area contributed by atoms with E-state index in [0.717, 1.165) is 18.1 Å². The number of hydrogen-bond acceptors (Lipinski definition) is 2. The van der Waals surface area contributed by atoms with Gasteiger partial charge in [-0.3, -0.25) is 0 Å². The Kier molecular flexibility index (Phi) is 2.31. The SMILES string of the molecule is Oc1cc(I)cc2c(Br)csc12. The van der Waals surface area contributed by atoms with Crippen molar-refractivity contribution in [1.29, 1.82) is 0 Å². The third-order valence-corrected chi connectivity index (χ3v) is 4.17. The second-order valence-electron chi connectivity index (χ2n) is 2.39. The van der Waals surface area contributed by atoms with E-state index in [1.54, 1.807) is 17.4 Å². The molecule has 1 aromatic heterocycles. The van der Waals surface area contributed by atoms with Gasteiger partial charge in [0.1, 0.15) is 5.75 Å². The van der Waals surface area contributed by atoms with Crippen LogP contribution < -0.4 is 0 Å². The van der Waals surface area contributed by atoms with Gasteiger partial charge in [-0.25, -0.2) is 0 Å². The highest BCUT2D eigenvalue weighted by atomic mass is 127. The van der Waals surface area contributed by atoms with Crippen molar-refractivity contribution in [3.8, 4) is 5.75 Å². The van der Waals surface area contributed by atoms with Gasteiger partial charge in [0.2, 0.25) is 0 Å². The largest absolute Gasteiger partial charge is 0.506 e. The third kappa shape index (κ3) is 1.36. The molecular formula is C8H4BrIOS. The number of benzene rings is 1. The zero-order valence-corrected chi connectivity index (χ0v) is 10.4. The van der Waals surface area contributed by atoms with Gasteiger partial charge in [0.15, 0.2) is 0 Å². The molecule has 1 nitrogen and oxygen atoms in total. The van der Waals surface area contributed by atoms with Crippen LogP contribution in [0.1, 0.15) is 0 Å². The van der Waals surface area contributed by atoms with Crippen LogP contribution in [0.3, 0.4) is 0 Å². The Hall–Kier alpha value is 0.190. The van der Waals surface area contributed by atoms with Crippen LogP contribution in [0.15, 0.2) is 22.0 Å². The maximum absolute atomic E-state index is 9.55. The third-order valence-electron chi connectivity index (χ3n) is 1.57. The Morgan fingerprint density at radius 1 is 1.42 bits per heavy atom. The summed E-state index contributed by atoms with van der Waals surface area (Å²) in [5, 5.41) is 12.6. The van der Waals surface area contributed by atoms with Crippen molar-refractivity contribution in [2.24, 2.45) is 0 Å². The van der Waals surface area contributed by atoms with Crippen molar-refractivity contribution in [3.05, 3.63) is 25.6 Å². The van der Waals surface area contributed by atoms with E-state index in [1.165, 1.54) is 0 Å². The molecule has 1 aromatic carbocycles. The topological polar surface area (TPSA) is 20.2 Å². The molecule has 0 spiro atoms. The molecule has 0 saturated carbocycles. The van der Waals surface area contributed by atoms with Crippen LogP contribution in [0.2, 0.25) is 0 Å². The highest BCUT2D eigenvalue weighted by molar-refractivity contribution is 14.1. The van der Waals surface area contributed by atoms with E-state index < -0.39 is 0 Å². The first kappa shape index (κ1) is 8.77. The summed E-state index contributed by atoms with van der Waals surface area (Å²) in [7, 11) is 0. The van der Waals surface area contributed by atoms with Crippen LogP contribution >= 0.6 is 49.9 Å². The van der Waals surface area contributed by atoms with E-state index in [9.17, 15) is 5.11 Å². The first-order chi connectivity index (χ1) is 5.68. The smallest absolute Gasteiger partial charge is 0.134 e. The standard InChI is InChI=1S/C8H4BrIOS/c9-6-3-12-8-5(6)1-4(10)2-7(8)11/h1-3,11H. The summed E-state index contributed by atoms with van der Waals surface area (Å²) in [5.74, 6) is 0.368. The van der Waals surface area contributed by atoms with Gasteiger partial charge < -0.3 is 5.11 Å². The van der Waals surface area contributed by atoms with Gasteiger partial charge in [0, 0.05) is 18.8 Å². The van der Waals surface area contributed by atoms with Crippen molar-refractivity contribution in [3.63, 3.8) is 0 Å². The average Bonchev–Trinajstić information content (AvgIpc) is 2.33. The molecule has 0 aliphatic rings. The number of halogens is 2. The minimum absolute atomic E-state index is 0.368. The number of aromatic hydroxyl groups is 1. The van der Waals surface area contributed by atoms with Crippen molar-refractivity contribution < 1.29 is 5.11 Å². The maximum Gasteiger partial charge on any atom is 0.134 e. The lowest BCUT2D eigenvalue weighted by Gasteiger charge is -1.96. The molecule has 0 fully saturated rings. The van der Waals surface area contributed by atoms with Gasteiger partial charge in [-0.2, -0.15) is 0 Å². The molecular weight excluding hydrogens is 351 g/mol. The summed E-state index contributed by atoms with van der Waals surface area (Å²) in [6.45, 7) is 0. The molecule has 0 saturated heterocycles. The molecule has 1 heterocycles. The van der Waals surface area contributed by atoms with Crippen molar-refractivity contribution >= 4 is 59.9 Å². The molecule has 0 aliphatic carbocycles. The normalized spacial score (nSPS) is 10.8. The van der Waals surface area contributed by atoms with Crippen LogP contribution in [0.25, 0.3) is 10.1 Å². The van der Waals surface area contributed by atoms with Gasteiger partial charge in [0.05, 0.1) is 4.70 Å². The Morgan fingerprint density at radius 2 is 2.17 bits per heavy atom. The average molecular weight is 355 g/mol. The van der Waals surface area contributed by atoms with E-state index in [1.807, 2.05) is 5.38 Å². The first-order valence-electron chi connectivity index (χ1n) is 3.23. The van der Waals surface area contributed by atoms with E-state index in [4.69, 9.17) is 0 Å². The monoisotopic (exact) mass is 354 g/mol. The van der Waals surface area contributed by atoms with Gasteiger partial charge in [-0.15, -0.1) is 11.3 Å². The zero-order chi connectivity index (χ0) is 8.72. The van der Waals surface area contributed by atoms with Gasteiger partial charge >= 0.3 is 0 Å². The summed E-state index contributed by atoms with van der Waals surface area (Å²) >= 11 is 7.17. The fourth-order valence-electron chi connectivity index (χ4n) is 1.05. The van der Waals surface area contributed by atoms with Crippen LogP contribution in [-0.4, -0.2) is 5.11 Å². The summed E-state index contributed by atoms with van der Waals surface area (Å²) in [6, 6.07) is 3.82. The number of rotatable bonds is 0.